The molecule has 2 rings (SSSR count). The van der Waals surface area contributed by atoms with Gasteiger partial charge in [-0.05, 0) is 32.4 Å². The Morgan fingerprint density at radius 1 is 1.69 bits per heavy atom. The van der Waals surface area contributed by atoms with Crippen LogP contribution in [0.2, 0.25) is 0 Å². The highest BCUT2D eigenvalue weighted by molar-refractivity contribution is 4.78. The van der Waals surface area contributed by atoms with Crippen LogP contribution < -0.4 is 11.0 Å². The predicted molar refractivity (Wildman–Crippen MR) is 48.6 cm³/mol. The van der Waals surface area contributed by atoms with Crippen LogP contribution in [0.25, 0.3) is 0 Å². The lowest BCUT2D eigenvalue weighted by molar-refractivity contribution is 0.438. The van der Waals surface area contributed by atoms with Gasteiger partial charge >= 0.3 is 5.69 Å². The number of hydrogen-bond acceptors (Lipinski definition) is 3. The zero-order valence-corrected chi connectivity index (χ0v) is 7.71. The van der Waals surface area contributed by atoms with Crippen molar-refractivity contribution in [1.82, 2.24) is 20.1 Å². The van der Waals surface area contributed by atoms with Crippen molar-refractivity contribution >= 4 is 0 Å². The number of hydrogen-bond donors (Lipinski definition) is 2. The standard InChI is InChI=1S/C8H14N4O/c1-6-10-8(13)12(11-6)5-7-2-3-9-4-7/h7,9H,2-5H2,1H3,(H,10,11,13). The van der Waals surface area contributed by atoms with Crippen LogP contribution in [0, 0.1) is 12.8 Å². The fourth-order valence-corrected chi connectivity index (χ4v) is 1.71. The van der Waals surface area contributed by atoms with Gasteiger partial charge in [0, 0.05) is 0 Å². The van der Waals surface area contributed by atoms with Crippen LogP contribution in [0.4, 0.5) is 0 Å². The van der Waals surface area contributed by atoms with E-state index in [0.29, 0.717) is 11.7 Å². The molecule has 2 N–H and O–H groups in total. The predicted octanol–water partition coefficient (Wildman–Crippen LogP) is -0.511. The fourth-order valence-electron chi connectivity index (χ4n) is 1.71. The minimum atomic E-state index is -0.0931. The van der Waals surface area contributed by atoms with Crippen LogP contribution in [0.15, 0.2) is 4.79 Å². The number of nitrogens with zero attached hydrogens (tertiary/aromatic N) is 2. The third kappa shape index (κ3) is 1.80. The molecule has 5 heteroatoms. The first-order valence-corrected chi connectivity index (χ1v) is 4.60. The Morgan fingerprint density at radius 2 is 2.54 bits per heavy atom. The van der Waals surface area contributed by atoms with Gasteiger partial charge in [0.25, 0.3) is 0 Å². The van der Waals surface area contributed by atoms with E-state index in [-0.39, 0.29) is 5.69 Å². The first-order chi connectivity index (χ1) is 6.25. The Bertz CT molecular complexity index is 334. The van der Waals surface area contributed by atoms with Gasteiger partial charge in [-0.2, -0.15) is 5.10 Å². The van der Waals surface area contributed by atoms with Crippen LogP contribution in [0.5, 0.6) is 0 Å². The molecule has 0 spiro atoms. The van der Waals surface area contributed by atoms with Crippen LogP contribution >= 0.6 is 0 Å². The highest BCUT2D eigenvalue weighted by Crippen LogP contribution is 2.08. The van der Waals surface area contributed by atoms with Crippen molar-refractivity contribution in [2.45, 2.75) is 19.9 Å². The molecule has 13 heavy (non-hydrogen) atoms. The maximum absolute atomic E-state index is 11.3. The van der Waals surface area contributed by atoms with Crippen LogP contribution in [0.1, 0.15) is 12.2 Å². The Balaban J connectivity index is 2.08. The first-order valence-electron chi connectivity index (χ1n) is 4.60. The van der Waals surface area contributed by atoms with Gasteiger partial charge < -0.3 is 5.32 Å². The number of aromatic nitrogens is 3. The second kappa shape index (κ2) is 3.33. The van der Waals surface area contributed by atoms with Gasteiger partial charge in [-0.1, -0.05) is 0 Å². The lowest BCUT2D eigenvalue weighted by Crippen LogP contribution is -2.24. The highest BCUT2D eigenvalue weighted by Gasteiger charge is 2.16. The Labute approximate surface area is 76.2 Å². The molecule has 1 aliphatic heterocycles. The highest BCUT2D eigenvalue weighted by atomic mass is 16.1. The van der Waals surface area contributed by atoms with Crippen molar-refractivity contribution in [1.29, 1.82) is 0 Å². The van der Waals surface area contributed by atoms with E-state index in [1.807, 2.05) is 0 Å². The molecule has 0 bridgehead atoms. The van der Waals surface area contributed by atoms with Gasteiger partial charge in [0.1, 0.15) is 5.82 Å². The maximum atomic E-state index is 11.3. The van der Waals surface area contributed by atoms with Crippen molar-refractivity contribution in [3.63, 3.8) is 0 Å². The van der Waals surface area contributed by atoms with Gasteiger partial charge in [0.2, 0.25) is 0 Å². The summed E-state index contributed by atoms with van der Waals surface area (Å²) >= 11 is 0. The lowest BCUT2D eigenvalue weighted by atomic mass is 10.1. The smallest absolute Gasteiger partial charge is 0.316 e. The second-order valence-corrected chi connectivity index (χ2v) is 3.56. The van der Waals surface area contributed by atoms with E-state index in [9.17, 15) is 4.79 Å². The molecular weight excluding hydrogens is 168 g/mol. The van der Waals surface area contributed by atoms with E-state index < -0.39 is 0 Å². The van der Waals surface area contributed by atoms with Crippen molar-refractivity contribution in [2.75, 3.05) is 13.1 Å². The van der Waals surface area contributed by atoms with Gasteiger partial charge in [0.15, 0.2) is 0 Å². The molecule has 0 saturated carbocycles. The quantitative estimate of drug-likeness (QED) is 0.647. The minimum Gasteiger partial charge on any atom is -0.316 e. The molecule has 1 unspecified atom stereocenters. The Hall–Kier alpha value is -1.10. The summed E-state index contributed by atoms with van der Waals surface area (Å²) in [7, 11) is 0. The van der Waals surface area contributed by atoms with Gasteiger partial charge in [-0.3, -0.25) is 4.98 Å². The topological polar surface area (TPSA) is 62.7 Å². The van der Waals surface area contributed by atoms with Crippen LogP contribution in [-0.2, 0) is 6.54 Å². The van der Waals surface area contributed by atoms with E-state index in [4.69, 9.17) is 0 Å². The summed E-state index contributed by atoms with van der Waals surface area (Å²) in [6.07, 6.45) is 1.14. The minimum absolute atomic E-state index is 0.0931. The summed E-state index contributed by atoms with van der Waals surface area (Å²) in [6.45, 7) is 4.59. The average molecular weight is 182 g/mol. The monoisotopic (exact) mass is 182 g/mol. The summed E-state index contributed by atoms with van der Waals surface area (Å²) in [4.78, 5) is 13.9. The number of rotatable bonds is 2. The van der Waals surface area contributed by atoms with Crippen molar-refractivity contribution < 1.29 is 0 Å². The molecule has 1 fully saturated rings. The third-order valence-electron chi connectivity index (χ3n) is 2.39. The molecule has 2 heterocycles. The van der Waals surface area contributed by atoms with E-state index in [2.05, 4.69) is 15.4 Å². The summed E-state index contributed by atoms with van der Waals surface area (Å²) in [5.74, 6) is 1.25. The Kier molecular flexibility index (Phi) is 2.18. The molecule has 0 radical (unpaired) electrons. The number of aromatic amines is 1. The zero-order valence-electron chi connectivity index (χ0n) is 7.71. The lowest BCUT2D eigenvalue weighted by Gasteiger charge is -2.05. The largest absolute Gasteiger partial charge is 0.343 e. The van der Waals surface area contributed by atoms with Gasteiger partial charge in [-0.15, -0.1) is 0 Å². The maximum Gasteiger partial charge on any atom is 0.343 e. The molecule has 1 aromatic heterocycles. The summed E-state index contributed by atoms with van der Waals surface area (Å²) < 4.78 is 1.52. The van der Waals surface area contributed by atoms with Crippen LogP contribution in [0.3, 0.4) is 0 Å². The van der Waals surface area contributed by atoms with Gasteiger partial charge in [-0.25, -0.2) is 9.48 Å². The molecule has 0 amide bonds. The average Bonchev–Trinajstić information content (AvgIpc) is 2.63. The van der Waals surface area contributed by atoms with E-state index in [1.54, 1.807) is 6.92 Å². The van der Waals surface area contributed by atoms with E-state index in [1.165, 1.54) is 4.68 Å². The molecule has 1 saturated heterocycles. The SMILES string of the molecule is Cc1nn(CC2CCNC2)c(=O)[nH]1. The summed E-state index contributed by atoms with van der Waals surface area (Å²) in [6, 6.07) is 0. The first kappa shape index (κ1) is 8.50. The Morgan fingerprint density at radius 3 is 3.08 bits per heavy atom. The molecule has 0 aromatic carbocycles. The van der Waals surface area contributed by atoms with Crippen LogP contribution in [-0.4, -0.2) is 27.9 Å². The number of H-pyrrole nitrogens is 1. The second-order valence-electron chi connectivity index (χ2n) is 3.56. The van der Waals surface area contributed by atoms with Gasteiger partial charge in [0.05, 0.1) is 6.54 Å². The molecule has 5 nitrogen and oxygen atoms in total. The summed E-state index contributed by atoms with van der Waals surface area (Å²) in [5, 5.41) is 7.36. The van der Waals surface area contributed by atoms with E-state index >= 15 is 0 Å². The fraction of sp³-hybridized carbons (Fsp3) is 0.750. The normalized spacial score (nSPS) is 22.4. The van der Waals surface area contributed by atoms with Crippen molar-refractivity contribution in [3.05, 3.63) is 16.3 Å². The molecule has 1 aliphatic rings. The molecule has 72 valence electrons. The van der Waals surface area contributed by atoms with Crippen molar-refractivity contribution in [3.8, 4) is 0 Å². The summed E-state index contributed by atoms with van der Waals surface area (Å²) in [5.41, 5.74) is -0.0931. The van der Waals surface area contributed by atoms with E-state index in [0.717, 1.165) is 26.1 Å². The molecule has 0 aliphatic carbocycles. The zero-order chi connectivity index (χ0) is 9.26. The molecule has 1 aromatic rings. The third-order valence-corrected chi connectivity index (χ3v) is 2.39. The number of aryl methyl sites for hydroxylation is 1. The van der Waals surface area contributed by atoms with Crippen molar-refractivity contribution in [2.24, 2.45) is 5.92 Å². The molecule has 1 atom stereocenters. The molecular formula is C8H14N4O. The number of nitrogens with one attached hydrogen (secondary N) is 2.